The van der Waals surface area contributed by atoms with Gasteiger partial charge in [0.1, 0.15) is 9.86 Å². The molecule has 1 amide bonds. The van der Waals surface area contributed by atoms with Gasteiger partial charge in [-0.05, 0) is 18.2 Å². The van der Waals surface area contributed by atoms with Gasteiger partial charge in [-0.1, -0.05) is 0 Å². The van der Waals surface area contributed by atoms with Crippen LogP contribution in [0, 0.1) is 0 Å². The van der Waals surface area contributed by atoms with Crippen molar-refractivity contribution in [3.63, 3.8) is 0 Å². The summed E-state index contributed by atoms with van der Waals surface area (Å²) in [6.07, 6.45) is 5.14. The third-order valence-corrected chi connectivity index (χ3v) is 8.07. The molecule has 0 saturated carbocycles. The number of sulfonamides is 1. The molecule has 0 N–H and O–H groups in total. The molecule has 11 heteroatoms. The molecule has 3 aromatic heterocycles. The maximum Gasteiger partial charge on any atom is 0.338 e. The molecule has 152 valence electrons. The van der Waals surface area contributed by atoms with Crippen molar-refractivity contribution < 1.29 is 22.7 Å². The number of piperazine rings is 1. The van der Waals surface area contributed by atoms with Gasteiger partial charge in [0.2, 0.25) is 0 Å². The summed E-state index contributed by atoms with van der Waals surface area (Å²) in [5, 5.41) is 1.46. The van der Waals surface area contributed by atoms with E-state index in [2.05, 4.69) is 9.72 Å². The molecule has 0 atom stereocenters. The van der Waals surface area contributed by atoms with E-state index in [0.717, 1.165) is 17.0 Å². The van der Waals surface area contributed by atoms with E-state index in [1.165, 1.54) is 22.9 Å². The number of aromatic nitrogens is 2. The van der Waals surface area contributed by atoms with Crippen molar-refractivity contribution in [2.45, 2.75) is 4.21 Å². The highest BCUT2D eigenvalue weighted by Gasteiger charge is 2.32. The molecule has 1 aliphatic rings. The van der Waals surface area contributed by atoms with Gasteiger partial charge in [0.15, 0.2) is 0 Å². The fourth-order valence-corrected chi connectivity index (χ4v) is 5.89. The maximum atomic E-state index is 12.8. The number of thiophene rings is 1. The zero-order valence-corrected chi connectivity index (χ0v) is 17.1. The lowest BCUT2D eigenvalue weighted by Crippen LogP contribution is -2.50. The van der Waals surface area contributed by atoms with Gasteiger partial charge in [-0.3, -0.25) is 4.79 Å². The minimum atomic E-state index is -3.72. The number of hydrogen-bond donors (Lipinski definition) is 0. The summed E-state index contributed by atoms with van der Waals surface area (Å²) in [5.41, 5.74) is 1.48. The van der Waals surface area contributed by atoms with E-state index in [1.54, 1.807) is 40.0 Å². The predicted molar refractivity (Wildman–Crippen MR) is 106 cm³/mol. The summed E-state index contributed by atoms with van der Waals surface area (Å²) in [4.78, 5) is 30.1. The molecule has 0 radical (unpaired) electrons. The Morgan fingerprint density at radius 1 is 1.14 bits per heavy atom. The van der Waals surface area contributed by atoms with E-state index in [0.29, 0.717) is 5.56 Å². The number of pyridine rings is 1. The van der Waals surface area contributed by atoms with Gasteiger partial charge in [-0.25, -0.2) is 18.2 Å². The van der Waals surface area contributed by atoms with Gasteiger partial charge in [-0.2, -0.15) is 4.31 Å². The average Bonchev–Trinajstić information content (AvgIpc) is 3.42. The van der Waals surface area contributed by atoms with Crippen molar-refractivity contribution in [1.29, 1.82) is 0 Å². The maximum absolute atomic E-state index is 12.8. The monoisotopic (exact) mass is 434 g/mol. The first-order chi connectivity index (χ1) is 13.9. The van der Waals surface area contributed by atoms with Crippen LogP contribution in [0.3, 0.4) is 0 Å². The zero-order chi connectivity index (χ0) is 20.6. The highest BCUT2D eigenvalue weighted by atomic mass is 32.2. The molecule has 0 spiro atoms. The minimum absolute atomic E-state index is 0.0863. The molecular formula is C18H18N4O5S2. The third-order valence-electron chi connectivity index (χ3n) is 4.75. The number of methoxy groups -OCH3 is 1. The zero-order valence-electron chi connectivity index (χ0n) is 15.5. The molecule has 0 unspecified atom stereocenters. The van der Waals surface area contributed by atoms with Crippen LogP contribution in [-0.2, 0) is 14.8 Å². The second-order valence-electron chi connectivity index (χ2n) is 6.45. The van der Waals surface area contributed by atoms with Crippen LogP contribution in [0.15, 0.2) is 46.4 Å². The number of esters is 1. The quantitative estimate of drug-likeness (QED) is 0.574. The molecule has 0 bridgehead atoms. The summed E-state index contributed by atoms with van der Waals surface area (Å²) in [5.74, 6) is -0.727. The third kappa shape index (κ3) is 3.63. The average molecular weight is 434 g/mol. The number of imidazole rings is 1. The van der Waals surface area contributed by atoms with E-state index < -0.39 is 16.0 Å². The largest absolute Gasteiger partial charge is 0.465 e. The van der Waals surface area contributed by atoms with Crippen LogP contribution in [0.25, 0.3) is 5.65 Å². The molecule has 3 aromatic rings. The van der Waals surface area contributed by atoms with Gasteiger partial charge >= 0.3 is 5.97 Å². The summed E-state index contributed by atoms with van der Waals surface area (Å²) >= 11 is 0.980. The van der Waals surface area contributed by atoms with E-state index in [1.807, 2.05) is 0 Å². The standard InChI is InChI=1S/C18H18N4O5S2/c1-27-18(24)14-10-16(28-12-14)29(25,26)22-8-6-20(7-9-22)17(23)13-2-3-15-19-4-5-21(15)11-13/h2-5,10-12H,6-9H2,1H3. The van der Waals surface area contributed by atoms with Crippen molar-refractivity contribution in [2.75, 3.05) is 33.3 Å². The van der Waals surface area contributed by atoms with E-state index >= 15 is 0 Å². The molecule has 0 aliphatic carbocycles. The lowest BCUT2D eigenvalue weighted by molar-refractivity contribution is 0.0600. The first kappa shape index (κ1) is 19.6. The highest BCUT2D eigenvalue weighted by molar-refractivity contribution is 7.91. The lowest BCUT2D eigenvalue weighted by Gasteiger charge is -2.33. The van der Waals surface area contributed by atoms with Gasteiger partial charge < -0.3 is 14.0 Å². The van der Waals surface area contributed by atoms with Crippen LogP contribution in [0.4, 0.5) is 0 Å². The van der Waals surface area contributed by atoms with Gasteiger partial charge in [-0.15, -0.1) is 11.3 Å². The number of ether oxygens (including phenoxy) is 1. The normalized spacial score (nSPS) is 15.6. The number of carbonyl (C=O) groups excluding carboxylic acids is 2. The van der Waals surface area contributed by atoms with Crippen LogP contribution in [0.2, 0.25) is 0 Å². The van der Waals surface area contributed by atoms with Crippen molar-refractivity contribution in [3.8, 4) is 0 Å². The highest BCUT2D eigenvalue weighted by Crippen LogP contribution is 2.25. The van der Waals surface area contributed by atoms with Crippen LogP contribution in [0.5, 0.6) is 0 Å². The Hall–Kier alpha value is -2.76. The molecule has 0 aromatic carbocycles. The molecule has 1 aliphatic heterocycles. The molecule has 1 saturated heterocycles. The van der Waals surface area contributed by atoms with Crippen molar-refractivity contribution >= 4 is 38.9 Å². The molecule has 4 rings (SSSR count). The molecule has 1 fully saturated rings. The second kappa shape index (κ2) is 7.58. The van der Waals surface area contributed by atoms with Gasteiger partial charge in [0.25, 0.3) is 15.9 Å². The number of amides is 1. The molecule has 29 heavy (non-hydrogen) atoms. The van der Waals surface area contributed by atoms with E-state index in [4.69, 9.17) is 0 Å². The van der Waals surface area contributed by atoms with Crippen molar-refractivity contribution in [2.24, 2.45) is 0 Å². The van der Waals surface area contributed by atoms with E-state index in [-0.39, 0.29) is 41.9 Å². The molecule has 9 nitrogen and oxygen atoms in total. The Bertz CT molecular complexity index is 1180. The molecule has 4 heterocycles. The Morgan fingerprint density at radius 3 is 2.62 bits per heavy atom. The summed E-state index contributed by atoms with van der Waals surface area (Å²) in [6.45, 7) is 0.949. The van der Waals surface area contributed by atoms with Crippen LogP contribution >= 0.6 is 11.3 Å². The Morgan fingerprint density at radius 2 is 1.90 bits per heavy atom. The predicted octanol–water partition coefficient (Wildman–Crippen LogP) is 1.33. The number of hydrogen-bond acceptors (Lipinski definition) is 7. The first-order valence-electron chi connectivity index (χ1n) is 8.79. The summed E-state index contributed by atoms with van der Waals surface area (Å²) in [6, 6.07) is 4.81. The van der Waals surface area contributed by atoms with Gasteiger partial charge in [0, 0.05) is 50.1 Å². The summed E-state index contributed by atoms with van der Waals surface area (Å²) < 4.78 is 33.5. The van der Waals surface area contributed by atoms with Gasteiger partial charge in [0.05, 0.1) is 18.2 Å². The fourth-order valence-electron chi connectivity index (χ4n) is 3.16. The second-order valence-corrected chi connectivity index (χ2v) is 9.53. The minimum Gasteiger partial charge on any atom is -0.465 e. The van der Waals surface area contributed by atoms with Crippen molar-refractivity contribution in [3.05, 3.63) is 53.3 Å². The van der Waals surface area contributed by atoms with Crippen molar-refractivity contribution in [1.82, 2.24) is 18.6 Å². The summed E-state index contributed by atoms with van der Waals surface area (Å²) in [7, 11) is -2.48. The Labute approximate surface area is 171 Å². The lowest BCUT2D eigenvalue weighted by atomic mass is 10.2. The molecular weight excluding hydrogens is 416 g/mol. The Balaban J connectivity index is 1.45. The van der Waals surface area contributed by atoms with E-state index in [9.17, 15) is 18.0 Å². The SMILES string of the molecule is COC(=O)c1csc(S(=O)(=O)N2CCN(C(=O)c3ccc4nccn4c3)CC2)c1. The smallest absolute Gasteiger partial charge is 0.338 e. The van der Waals surface area contributed by atoms with Crippen LogP contribution < -0.4 is 0 Å². The van der Waals surface area contributed by atoms with Crippen LogP contribution in [0.1, 0.15) is 20.7 Å². The topological polar surface area (TPSA) is 101 Å². The number of fused-ring (bicyclic) bond motifs is 1. The Kier molecular flexibility index (Phi) is 5.11. The fraction of sp³-hybridized carbons (Fsp3) is 0.278. The first-order valence-corrected chi connectivity index (χ1v) is 11.1. The van der Waals surface area contributed by atoms with Crippen LogP contribution in [-0.4, -0.2) is 72.2 Å². The number of carbonyl (C=O) groups is 2. The number of nitrogens with zero attached hydrogens (tertiary/aromatic N) is 4. The number of rotatable bonds is 4.